The fourth-order valence-corrected chi connectivity index (χ4v) is 4.93. The Morgan fingerprint density at radius 1 is 1.02 bits per heavy atom. The van der Waals surface area contributed by atoms with Crippen LogP contribution in [0.5, 0.6) is 0 Å². The van der Waals surface area contributed by atoms with Gasteiger partial charge in [0.2, 0.25) is 5.95 Å². The number of fused-ring (bicyclic) bond motifs is 2. The van der Waals surface area contributed by atoms with E-state index in [-0.39, 0.29) is 28.6 Å². The monoisotopic (exact) mass is 594 g/mol. The molecule has 6 rings (SSSR count). The van der Waals surface area contributed by atoms with Gasteiger partial charge in [-0.2, -0.15) is 4.98 Å². The van der Waals surface area contributed by atoms with Crippen LogP contribution in [-0.4, -0.2) is 54.9 Å². The zero-order valence-corrected chi connectivity index (χ0v) is 23.2. The summed E-state index contributed by atoms with van der Waals surface area (Å²) < 4.78 is 30.8. The van der Waals surface area contributed by atoms with Crippen molar-refractivity contribution >= 4 is 39.5 Å². The summed E-state index contributed by atoms with van der Waals surface area (Å²) in [5.41, 5.74) is 1.40. The van der Waals surface area contributed by atoms with E-state index in [1.807, 2.05) is 6.92 Å². The smallest absolute Gasteiger partial charge is 0.257 e. The minimum Gasteiger partial charge on any atom is -0.394 e. The number of aromatic amines is 1. The van der Waals surface area contributed by atoms with Crippen molar-refractivity contribution in [2.45, 2.75) is 13.0 Å². The van der Waals surface area contributed by atoms with Crippen LogP contribution in [0.25, 0.3) is 38.9 Å². The number of anilines is 2. The summed E-state index contributed by atoms with van der Waals surface area (Å²) in [6, 6.07) is 18.2. The van der Waals surface area contributed by atoms with Gasteiger partial charge in [0.1, 0.15) is 17.3 Å². The van der Waals surface area contributed by atoms with Crippen molar-refractivity contribution in [1.82, 2.24) is 19.5 Å². The number of halogens is 2. The third kappa shape index (κ3) is 5.11. The van der Waals surface area contributed by atoms with E-state index in [0.717, 1.165) is 28.3 Å². The van der Waals surface area contributed by atoms with E-state index >= 15 is 0 Å². The Balaban J connectivity index is 1.53. The number of rotatable bonds is 8. The second-order valence-electron chi connectivity index (χ2n) is 10.0. The van der Waals surface area contributed by atoms with E-state index in [1.165, 1.54) is 12.1 Å². The molecular formula is C32H24F2N6O4. The minimum atomic E-state index is -0.981. The van der Waals surface area contributed by atoms with Crippen LogP contribution in [0.3, 0.4) is 0 Å². The number of H-pyrrole nitrogens is 1. The van der Waals surface area contributed by atoms with Gasteiger partial charge in [-0.1, -0.05) is 18.2 Å². The molecule has 0 atom stereocenters. The molecular weight excluding hydrogens is 570 g/mol. The van der Waals surface area contributed by atoms with Crippen LogP contribution < -0.4 is 16.2 Å². The second-order valence-corrected chi connectivity index (χ2v) is 10.0. The number of benzene rings is 3. The number of aromatic nitrogens is 4. The molecule has 0 aliphatic heterocycles. The molecule has 3 heterocycles. The highest BCUT2D eigenvalue weighted by Gasteiger charge is 2.22. The number of aryl methyl sites for hydroxylation is 1. The normalized spacial score (nSPS) is 11.2. The van der Waals surface area contributed by atoms with Crippen molar-refractivity contribution in [3.05, 3.63) is 112 Å². The van der Waals surface area contributed by atoms with Gasteiger partial charge in [-0.05, 0) is 61.0 Å². The maximum absolute atomic E-state index is 15.0. The van der Waals surface area contributed by atoms with Gasteiger partial charge in [0, 0.05) is 28.9 Å². The maximum Gasteiger partial charge on any atom is 0.257 e. The van der Waals surface area contributed by atoms with E-state index in [0.29, 0.717) is 27.7 Å². The fraction of sp³-hybridized carbons (Fsp3) is 0.125. The van der Waals surface area contributed by atoms with Crippen LogP contribution in [0, 0.1) is 30.8 Å². The minimum absolute atomic E-state index is 0.114. The molecule has 44 heavy (non-hydrogen) atoms. The van der Waals surface area contributed by atoms with Crippen molar-refractivity contribution in [3.8, 4) is 16.9 Å². The molecule has 0 aliphatic carbocycles. The first-order valence-corrected chi connectivity index (χ1v) is 13.5. The topological polar surface area (TPSA) is 145 Å². The van der Waals surface area contributed by atoms with E-state index in [9.17, 15) is 28.6 Å². The summed E-state index contributed by atoms with van der Waals surface area (Å²) in [5, 5.41) is 26.0. The molecule has 6 aromatic rings. The van der Waals surface area contributed by atoms with Gasteiger partial charge in [-0.3, -0.25) is 14.2 Å². The van der Waals surface area contributed by atoms with Gasteiger partial charge in [0.05, 0.1) is 41.4 Å². The highest BCUT2D eigenvalue weighted by Crippen LogP contribution is 2.33. The highest BCUT2D eigenvalue weighted by molar-refractivity contribution is 6.12. The summed E-state index contributed by atoms with van der Waals surface area (Å²) in [4.78, 5) is 38.3. The third-order valence-corrected chi connectivity index (χ3v) is 7.13. The number of nitrogens with zero attached hydrogens (tertiary/aromatic N) is 3. The number of amides is 1. The number of carbonyl (C=O) groups is 1. The number of pyridine rings is 1. The Bertz CT molecular complexity index is 2090. The first-order valence-electron chi connectivity index (χ1n) is 13.5. The Morgan fingerprint density at radius 2 is 1.77 bits per heavy atom. The van der Waals surface area contributed by atoms with Crippen LogP contribution in [-0.2, 0) is 0 Å². The highest BCUT2D eigenvalue weighted by atomic mass is 19.1. The number of carbonyl (C=O) groups excluding carboxylic acids is 1. The predicted octanol–water partition coefficient (Wildman–Crippen LogP) is 4.13. The van der Waals surface area contributed by atoms with Crippen LogP contribution in [0.2, 0.25) is 0 Å². The van der Waals surface area contributed by atoms with Crippen molar-refractivity contribution in [1.29, 1.82) is 0 Å². The summed E-state index contributed by atoms with van der Waals surface area (Å²) in [7, 11) is 0. The van der Waals surface area contributed by atoms with Crippen molar-refractivity contribution in [3.63, 3.8) is 0 Å². The molecule has 1 amide bonds. The average Bonchev–Trinajstić information content (AvgIpc) is 3.50. The van der Waals surface area contributed by atoms with Crippen molar-refractivity contribution in [2.75, 3.05) is 23.8 Å². The number of hydrogen-bond donors (Lipinski definition) is 5. The standard InChI is InChI=1S/C32H24F2N6O4/c1-17-8-9-19(36-31(44)22-5-2-4-18-12-13-35-27(18)22)14-23(17)28-21-10-11-26(43)40(29-24(33)6-3-7-25(29)34)30(21)39-32(38-28)37-20(15-41)16-42/h2-11,14,20,35,41-42H,15-16H2,1H3,(H,36,44)(H,37,38,39). The Morgan fingerprint density at radius 3 is 2.52 bits per heavy atom. The molecule has 0 spiro atoms. The molecule has 3 aromatic heterocycles. The molecule has 5 N–H and O–H groups in total. The quantitative estimate of drug-likeness (QED) is 0.178. The molecule has 3 aromatic carbocycles. The molecule has 10 nitrogen and oxygen atoms in total. The Hall–Kier alpha value is -5.64. The van der Waals surface area contributed by atoms with Gasteiger partial charge in [0.15, 0.2) is 5.65 Å². The van der Waals surface area contributed by atoms with E-state index in [2.05, 4.69) is 37.8 Å². The van der Waals surface area contributed by atoms with Gasteiger partial charge in [0.25, 0.3) is 11.5 Å². The summed E-state index contributed by atoms with van der Waals surface area (Å²) in [6.07, 6.45) is 2.75. The number of nitrogens with one attached hydrogen (secondary N) is 3. The largest absolute Gasteiger partial charge is 0.394 e. The Labute approximate surface area is 248 Å². The zero-order chi connectivity index (χ0) is 31.0. The molecule has 0 radical (unpaired) electrons. The molecule has 12 heteroatoms. The SMILES string of the molecule is Cc1ccc(NC(=O)c2cccc3c#c[nH]c23)cc1-c1nc(NC(CO)CO)nc2c1ccc(=O)n2-c1c(F)cccc1F. The number of aliphatic hydroxyl groups is 2. The summed E-state index contributed by atoms with van der Waals surface area (Å²) in [6.45, 7) is 0.866. The molecule has 0 bridgehead atoms. The lowest BCUT2D eigenvalue weighted by molar-refractivity contribution is 0.102. The lowest BCUT2D eigenvalue weighted by Gasteiger charge is -2.18. The molecule has 220 valence electrons. The molecule has 0 saturated heterocycles. The molecule has 0 fully saturated rings. The lowest BCUT2D eigenvalue weighted by Crippen LogP contribution is -2.29. The van der Waals surface area contributed by atoms with Gasteiger partial charge in [-0.25, -0.2) is 13.8 Å². The van der Waals surface area contributed by atoms with E-state index < -0.39 is 42.1 Å². The van der Waals surface area contributed by atoms with Crippen molar-refractivity contribution in [2.24, 2.45) is 0 Å². The van der Waals surface area contributed by atoms with Crippen LogP contribution >= 0.6 is 0 Å². The first-order chi connectivity index (χ1) is 21.3. The average molecular weight is 595 g/mol. The van der Waals surface area contributed by atoms with E-state index in [1.54, 1.807) is 36.4 Å². The maximum atomic E-state index is 15.0. The van der Waals surface area contributed by atoms with Crippen LogP contribution in [0.1, 0.15) is 15.9 Å². The molecule has 0 saturated carbocycles. The number of aliphatic hydroxyl groups excluding tert-OH is 2. The number of hydrogen-bond acceptors (Lipinski definition) is 7. The number of para-hydroxylation sites is 2. The predicted molar refractivity (Wildman–Crippen MR) is 161 cm³/mol. The fourth-order valence-electron chi connectivity index (χ4n) is 4.93. The van der Waals surface area contributed by atoms with E-state index in [4.69, 9.17) is 0 Å². The van der Waals surface area contributed by atoms with Gasteiger partial charge < -0.3 is 25.8 Å². The Kier molecular flexibility index (Phi) is 7.48. The molecule has 0 unspecified atom stereocenters. The summed E-state index contributed by atoms with van der Waals surface area (Å²) >= 11 is 0. The third-order valence-electron chi connectivity index (χ3n) is 7.13. The zero-order valence-electron chi connectivity index (χ0n) is 23.2. The molecule has 0 aliphatic rings. The van der Waals surface area contributed by atoms with Gasteiger partial charge >= 0.3 is 0 Å². The lowest BCUT2D eigenvalue weighted by atomic mass is 10.0. The second kappa shape index (κ2) is 11.6. The first kappa shape index (κ1) is 28.5. The van der Waals surface area contributed by atoms with Crippen LogP contribution in [0.4, 0.5) is 20.4 Å². The van der Waals surface area contributed by atoms with Crippen LogP contribution in [0.15, 0.2) is 71.5 Å². The van der Waals surface area contributed by atoms with Gasteiger partial charge in [-0.15, -0.1) is 0 Å². The van der Waals surface area contributed by atoms with Crippen molar-refractivity contribution < 1.29 is 23.8 Å². The summed E-state index contributed by atoms with van der Waals surface area (Å²) in [5.74, 6) is -2.46.